The molecule has 0 N–H and O–H groups in total. The Morgan fingerprint density at radius 1 is 0.500 bits per heavy atom. The van der Waals surface area contributed by atoms with Crippen molar-refractivity contribution in [2.45, 2.75) is 93.3 Å². The molecule has 2 radical (unpaired) electrons. The second-order valence-electron chi connectivity index (χ2n) is 4.93. The van der Waals surface area contributed by atoms with Gasteiger partial charge in [-0.25, -0.2) is 0 Å². The summed E-state index contributed by atoms with van der Waals surface area (Å²) in [4.78, 5) is 0. The van der Waals surface area contributed by atoms with Gasteiger partial charge in [-0.1, -0.05) is 0 Å². The van der Waals surface area contributed by atoms with E-state index in [-0.39, 0.29) is 21.1 Å². The van der Waals surface area contributed by atoms with E-state index in [9.17, 15) is 0 Å². The zero-order valence-corrected chi connectivity index (χ0v) is 14.5. The van der Waals surface area contributed by atoms with E-state index >= 15 is 0 Å². The molecule has 0 aliphatic heterocycles. The van der Waals surface area contributed by atoms with Crippen molar-refractivity contribution in [2.24, 2.45) is 0 Å². The average Bonchev–Trinajstić information content (AvgIpc) is 2.31. The monoisotopic (exact) mass is 332 g/mol. The molecule has 0 nitrogen and oxygen atoms in total. The molecule has 0 fully saturated rings. The molecule has 0 aliphatic carbocycles. The fourth-order valence-corrected chi connectivity index (χ4v) is 5.85. The van der Waals surface area contributed by atoms with Crippen LogP contribution >= 0.6 is 0 Å². The van der Waals surface area contributed by atoms with E-state index in [2.05, 4.69) is 13.8 Å². The van der Waals surface area contributed by atoms with E-state index in [0.717, 1.165) is 0 Å². The zero-order chi connectivity index (χ0) is 11.9. The molecule has 0 saturated carbocycles. The molecule has 1 heteroatoms. The second-order valence-corrected chi connectivity index (χ2v) is 9.21. The second kappa shape index (κ2) is 15.8. The molecule has 0 bridgehead atoms. The number of hydrogen-bond donors (Lipinski definition) is 0. The van der Waals surface area contributed by atoms with E-state index < -0.39 is 0 Å². The van der Waals surface area contributed by atoms with Crippen LogP contribution in [0.25, 0.3) is 0 Å². The van der Waals surface area contributed by atoms with Crippen LogP contribution in [-0.2, 0) is 0 Å². The summed E-state index contributed by atoms with van der Waals surface area (Å²) in [6.45, 7) is 4.61. The van der Waals surface area contributed by atoms with Gasteiger partial charge in [-0.05, 0) is 0 Å². The Balaban J connectivity index is 2.83. The maximum absolute atomic E-state index is 2.32. The molecule has 0 unspecified atom stereocenters. The molecule has 0 rings (SSSR count). The molecular weight excluding hydrogens is 299 g/mol. The van der Waals surface area contributed by atoms with Gasteiger partial charge in [0, 0.05) is 0 Å². The normalized spacial score (nSPS) is 10.9. The van der Waals surface area contributed by atoms with Crippen LogP contribution in [0.5, 0.6) is 0 Å². The van der Waals surface area contributed by atoms with Gasteiger partial charge in [0.15, 0.2) is 0 Å². The van der Waals surface area contributed by atoms with Crippen molar-refractivity contribution >= 4 is 21.1 Å². The Kier molecular flexibility index (Phi) is 16.6. The first-order chi connectivity index (χ1) is 7.91. The molecule has 0 aromatic heterocycles. The molecule has 16 heavy (non-hydrogen) atoms. The summed E-state index contributed by atoms with van der Waals surface area (Å²) < 4.78 is 3.29. The fraction of sp³-hybridized carbons (Fsp3) is 1.00. The van der Waals surface area contributed by atoms with Crippen molar-refractivity contribution in [1.82, 2.24) is 0 Å². The molecule has 0 atom stereocenters. The van der Waals surface area contributed by atoms with Crippen molar-refractivity contribution in [3.63, 3.8) is 0 Å². The fourth-order valence-electron chi connectivity index (χ4n) is 1.99. The van der Waals surface area contributed by atoms with E-state index in [1.165, 1.54) is 64.2 Å². The van der Waals surface area contributed by atoms with Gasteiger partial charge in [-0.15, -0.1) is 0 Å². The van der Waals surface area contributed by atoms with Crippen LogP contribution in [0.1, 0.15) is 84.5 Å². The predicted molar refractivity (Wildman–Crippen MR) is 77.5 cm³/mol. The third kappa shape index (κ3) is 14.8. The van der Waals surface area contributed by atoms with Crippen molar-refractivity contribution < 1.29 is 0 Å². The van der Waals surface area contributed by atoms with Crippen LogP contribution < -0.4 is 0 Å². The maximum atomic E-state index is 2.32. The molecule has 0 aromatic carbocycles. The van der Waals surface area contributed by atoms with Gasteiger partial charge < -0.3 is 0 Å². The van der Waals surface area contributed by atoms with Crippen molar-refractivity contribution in [3.05, 3.63) is 0 Å². The Morgan fingerprint density at radius 3 is 1.50 bits per heavy atom. The first kappa shape index (κ1) is 16.8. The summed E-state index contributed by atoms with van der Waals surface area (Å²) in [6.07, 6.45) is 16.3. The van der Waals surface area contributed by atoms with Gasteiger partial charge in [-0.3, -0.25) is 0 Å². The quantitative estimate of drug-likeness (QED) is 0.293. The molecule has 96 valence electrons. The minimum absolute atomic E-state index is 0.0971. The Bertz CT molecular complexity index is 98.0. The molecule has 0 saturated heterocycles. The Labute approximate surface area is 114 Å². The van der Waals surface area contributed by atoms with Crippen LogP contribution in [0.2, 0.25) is 8.87 Å². The molecule has 0 aromatic rings. The summed E-state index contributed by atoms with van der Waals surface area (Å²) in [5.74, 6) is 0. The van der Waals surface area contributed by atoms with Gasteiger partial charge in [0.1, 0.15) is 0 Å². The molecule has 0 spiro atoms. The van der Waals surface area contributed by atoms with Gasteiger partial charge in [0.05, 0.1) is 0 Å². The van der Waals surface area contributed by atoms with Crippen LogP contribution in [0.4, 0.5) is 0 Å². The standard InChI is InChI=1S/C11H23.C4H9.Sn/c1-3-5-7-9-11-10-8-6-4-2;1-3-4-2;/h1,3-11H2,2H3;1,3-4H2,2H3;. The zero-order valence-electron chi connectivity index (χ0n) is 11.7. The molecule has 0 amide bonds. The average molecular weight is 331 g/mol. The number of unbranched alkanes of at least 4 members (excludes halogenated alkanes) is 9. The number of hydrogen-bond acceptors (Lipinski definition) is 0. The van der Waals surface area contributed by atoms with Gasteiger partial charge in [0.25, 0.3) is 0 Å². The third-order valence-electron chi connectivity index (χ3n) is 3.16. The molecular formula is C15H32Sn. The van der Waals surface area contributed by atoms with Gasteiger partial charge >= 0.3 is 114 Å². The Morgan fingerprint density at radius 2 is 0.938 bits per heavy atom. The predicted octanol–water partition coefficient (Wildman–Crippen LogP) is 5.86. The van der Waals surface area contributed by atoms with E-state index in [0.29, 0.717) is 0 Å². The van der Waals surface area contributed by atoms with Crippen LogP contribution in [-0.4, -0.2) is 21.1 Å². The van der Waals surface area contributed by atoms with Crippen LogP contribution in [0, 0.1) is 0 Å². The SMILES string of the molecule is CCCCCCCCCC[CH2][Sn][CH2]CCC. The molecule has 0 aliphatic rings. The van der Waals surface area contributed by atoms with Crippen molar-refractivity contribution in [2.75, 3.05) is 0 Å². The summed E-state index contributed by atoms with van der Waals surface area (Å²) in [5, 5.41) is 0. The van der Waals surface area contributed by atoms with Gasteiger partial charge in [-0.2, -0.15) is 0 Å². The summed E-state index contributed by atoms with van der Waals surface area (Å²) >= 11 is 0.0971. The van der Waals surface area contributed by atoms with Gasteiger partial charge in [0.2, 0.25) is 0 Å². The number of rotatable bonds is 13. The van der Waals surface area contributed by atoms with Crippen molar-refractivity contribution in [3.8, 4) is 0 Å². The van der Waals surface area contributed by atoms with E-state index in [4.69, 9.17) is 0 Å². The minimum atomic E-state index is 0.0971. The molecule has 0 heterocycles. The van der Waals surface area contributed by atoms with Crippen molar-refractivity contribution in [1.29, 1.82) is 0 Å². The topological polar surface area (TPSA) is 0 Å². The summed E-state index contributed by atoms with van der Waals surface area (Å²) in [7, 11) is 0. The van der Waals surface area contributed by atoms with E-state index in [1.54, 1.807) is 15.3 Å². The van der Waals surface area contributed by atoms with Crippen LogP contribution in [0.3, 0.4) is 0 Å². The first-order valence-corrected chi connectivity index (χ1v) is 11.7. The Hall–Kier alpha value is 0.799. The summed E-state index contributed by atoms with van der Waals surface area (Å²) in [5.41, 5.74) is 0. The van der Waals surface area contributed by atoms with Crippen LogP contribution in [0.15, 0.2) is 0 Å². The summed E-state index contributed by atoms with van der Waals surface area (Å²) in [6, 6.07) is 0. The third-order valence-corrected chi connectivity index (χ3v) is 7.20. The first-order valence-electron chi connectivity index (χ1n) is 7.62. The van der Waals surface area contributed by atoms with E-state index in [1.807, 2.05) is 0 Å².